The number of anilines is 1. The number of hydrogen-bond donors (Lipinski definition) is 3. The number of nitrogen functional groups attached to an aromatic ring is 1. The van der Waals surface area contributed by atoms with E-state index in [4.69, 9.17) is 15.2 Å². The minimum absolute atomic E-state index is 0.150. The van der Waals surface area contributed by atoms with Gasteiger partial charge in [0.05, 0.1) is 20.3 Å². The zero-order chi connectivity index (χ0) is 21.5. The van der Waals surface area contributed by atoms with Gasteiger partial charge in [-0.1, -0.05) is 12.1 Å². The second kappa shape index (κ2) is 7.86. The van der Waals surface area contributed by atoms with E-state index in [-0.39, 0.29) is 17.5 Å². The van der Waals surface area contributed by atoms with Gasteiger partial charge in [-0.3, -0.25) is 9.47 Å². The number of hydrogen-bond acceptors (Lipinski definition) is 8. The fourth-order valence-electron chi connectivity index (χ4n) is 4.63. The molecule has 4 N–H and O–H groups in total. The third kappa shape index (κ3) is 3.61. The first kappa shape index (κ1) is 19.8. The third-order valence-corrected chi connectivity index (χ3v) is 6.14. The van der Waals surface area contributed by atoms with Crippen molar-refractivity contribution in [3.8, 4) is 11.8 Å². The Morgan fingerprint density at radius 2 is 2.16 bits per heavy atom. The van der Waals surface area contributed by atoms with Crippen LogP contribution in [0, 0.1) is 0 Å². The summed E-state index contributed by atoms with van der Waals surface area (Å²) in [4.78, 5) is 26.4. The number of imidazole rings is 1. The van der Waals surface area contributed by atoms with Crippen molar-refractivity contribution in [2.24, 2.45) is 0 Å². The molecule has 4 heterocycles. The summed E-state index contributed by atoms with van der Waals surface area (Å²) in [5, 5.41) is 3.53. The van der Waals surface area contributed by atoms with Crippen molar-refractivity contribution in [1.29, 1.82) is 0 Å². The van der Waals surface area contributed by atoms with Crippen LogP contribution < -0.4 is 26.2 Å². The number of rotatable bonds is 7. The average molecular weight is 425 g/mol. The standard InChI is InChI=1S/C21H27N7O3/c1-3-31-20-25-18(22)17-19(26-20)28(21(29)24-17)10-13-5-4-12(6-16(13)30-2)9-27-11-14-7-15(27)8-23-14/h4-6,14-15,23H,3,7-11H2,1-2H3,(H,24,29)(H2,22,25,26)/t14-,15-/m0/s1. The highest BCUT2D eigenvalue weighted by atomic mass is 16.5. The van der Waals surface area contributed by atoms with Crippen molar-refractivity contribution in [3.63, 3.8) is 0 Å². The molecule has 0 spiro atoms. The molecule has 0 amide bonds. The minimum atomic E-state index is -0.309. The number of nitrogens with one attached hydrogen (secondary N) is 2. The van der Waals surface area contributed by atoms with Gasteiger partial charge in [-0.15, -0.1) is 0 Å². The van der Waals surface area contributed by atoms with E-state index in [2.05, 4.69) is 37.3 Å². The van der Waals surface area contributed by atoms with Gasteiger partial charge in [0.25, 0.3) is 0 Å². The Balaban J connectivity index is 1.43. The van der Waals surface area contributed by atoms with Gasteiger partial charge in [0.15, 0.2) is 11.5 Å². The Kier molecular flexibility index (Phi) is 5.03. The van der Waals surface area contributed by atoms with Gasteiger partial charge in [-0.25, -0.2) is 4.79 Å². The molecule has 10 nitrogen and oxygen atoms in total. The summed E-state index contributed by atoms with van der Waals surface area (Å²) in [5.41, 5.74) is 8.58. The molecule has 0 radical (unpaired) electrons. The van der Waals surface area contributed by atoms with Gasteiger partial charge in [-0.05, 0) is 25.0 Å². The zero-order valence-electron chi connectivity index (χ0n) is 17.7. The number of aromatic amines is 1. The number of fused-ring (bicyclic) bond motifs is 3. The predicted octanol–water partition coefficient (Wildman–Crippen LogP) is 0.704. The Morgan fingerprint density at radius 1 is 1.29 bits per heavy atom. The molecule has 1 aromatic carbocycles. The van der Waals surface area contributed by atoms with E-state index in [0.717, 1.165) is 30.9 Å². The van der Waals surface area contributed by atoms with Gasteiger partial charge < -0.3 is 25.5 Å². The highest BCUT2D eigenvalue weighted by Crippen LogP contribution is 2.28. The second-order valence-electron chi connectivity index (χ2n) is 8.11. The van der Waals surface area contributed by atoms with Gasteiger partial charge >= 0.3 is 11.7 Å². The van der Waals surface area contributed by atoms with Crippen LogP contribution in [0.3, 0.4) is 0 Å². The number of methoxy groups -OCH3 is 1. The maximum Gasteiger partial charge on any atom is 0.328 e. The molecule has 2 aromatic heterocycles. The van der Waals surface area contributed by atoms with Crippen molar-refractivity contribution in [3.05, 3.63) is 39.8 Å². The van der Waals surface area contributed by atoms with Crippen LogP contribution in [0.15, 0.2) is 23.0 Å². The molecule has 2 bridgehead atoms. The smallest absolute Gasteiger partial charge is 0.328 e. The lowest BCUT2D eigenvalue weighted by Crippen LogP contribution is -2.42. The number of nitrogens with zero attached hydrogens (tertiary/aromatic N) is 4. The van der Waals surface area contributed by atoms with Crippen LogP contribution in [-0.2, 0) is 13.1 Å². The summed E-state index contributed by atoms with van der Waals surface area (Å²) < 4.78 is 12.6. The number of piperazine rings is 1. The molecular formula is C21H27N7O3. The Labute approximate surface area is 179 Å². The average Bonchev–Trinajstić information content (AvgIpc) is 3.45. The van der Waals surface area contributed by atoms with E-state index in [1.54, 1.807) is 7.11 Å². The molecule has 2 saturated heterocycles. The lowest BCUT2D eigenvalue weighted by Gasteiger charge is -2.27. The molecule has 3 aromatic rings. The van der Waals surface area contributed by atoms with E-state index in [1.807, 2.05) is 13.0 Å². The number of benzene rings is 1. The van der Waals surface area contributed by atoms with Crippen LogP contribution in [0.4, 0.5) is 5.82 Å². The largest absolute Gasteiger partial charge is 0.496 e. The van der Waals surface area contributed by atoms with E-state index in [9.17, 15) is 4.79 Å². The first-order valence-electron chi connectivity index (χ1n) is 10.6. The van der Waals surface area contributed by atoms with Crippen molar-refractivity contribution in [2.45, 2.75) is 38.5 Å². The van der Waals surface area contributed by atoms with Gasteiger partial charge in [-0.2, -0.15) is 9.97 Å². The maximum absolute atomic E-state index is 12.6. The molecule has 2 fully saturated rings. The highest BCUT2D eigenvalue weighted by molar-refractivity contribution is 5.82. The van der Waals surface area contributed by atoms with Crippen molar-refractivity contribution in [2.75, 3.05) is 32.5 Å². The lowest BCUT2D eigenvalue weighted by molar-refractivity contribution is 0.217. The number of nitrogens with two attached hydrogens (primary N) is 1. The first-order valence-corrected chi connectivity index (χ1v) is 10.6. The summed E-state index contributed by atoms with van der Waals surface area (Å²) >= 11 is 0. The second-order valence-corrected chi connectivity index (χ2v) is 8.11. The molecule has 2 atom stereocenters. The van der Waals surface area contributed by atoms with Crippen molar-refractivity contribution < 1.29 is 9.47 Å². The summed E-state index contributed by atoms with van der Waals surface area (Å²) in [6.07, 6.45) is 1.23. The van der Waals surface area contributed by atoms with E-state index < -0.39 is 0 Å². The molecule has 31 heavy (non-hydrogen) atoms. The van der Waals surface area contributed by atoms with Crippen LogP contribution in [0.2, 0.25) is 0 Å². The highest BCUT2D eigenvalue weighted by Gasteiger charge is 2.37. The molecule has 0 saturated carbocycles. The van der Waals surface area contributed by atoms with Crippen molar-refractivity contribution >= 4 is 17.0 Å². The molecule has 2 aliphatic rings. The minimum Gasteiger partial charge on any atom is -0.496 e. The first-order chi connectivity index (χ1) is 15.1. The maximum atomic E-state index is 12.6. The van der Waals surface area contributed by atoms with Gasteiger partial charge in [0.2, 0.25) is 0 Å². The topological polar surface area (TPSA) is 123 Å². The molecule has 0 aliphatic carbocycles. The van der Waals surface area contributed by atoms with E-state index in [0.29, 0.717) is 36.4 Å². The molecule has 164 valence electrons. The Bertz CT molecular complexity index is 1170. The quantitative estimate of drug-likeness (QED) is 0.506. The van der Waals surface area contributed by atoms with Gasteiger partial charge in [0, 0.05) is 37.3 Å². The monoisotopic (exact) mass is 425 g/mol. The van der Waals surface area contributed by atoms with Crippen LogP contribution in [0.1, 0.15) is 24.5 Å². The normalized spacial score (nSPS) is 20.6. The summed E-state index contributed by atoms with van der Waals surface area (Å²) in [5.74, 6) is 0.925. The SMILES string of the molecule is CCOc1nc(N)c2[nH]c(=O)n(Cc3ccc(CN4C[C@@H]5C[C@H]4CN5)cc3OC)c2n1. The number of H-pyrrole nitrogens is 1. The summed E-state index contributed by atoms with van der Waals surface area (Å²) in [6.45, 7) is 5.59. The summed E-state index contributed by atoms with van der Waals surface area (Å²) in [6, 6.07) is 7.56. The zero-order valence-corrected chi connectivity index (χ0v) is 17.7. The van der Waals surface area contributed by atoms with Crippen LogP contribution in [0.5, 0.6) is 11.8 Å². The predicted molar refractivity (Wildman–Crippen MR) is 116 cm³/mol. The van der Waals surface area contributed by atoms with Crippen LogP contribution in [0.25, 0.3) is 11.2 Å². The number of likely N-dealkylation sites (tertiary alicyclic amines) is 1. The molecule has 10 heteroatoms. The molecule has 5 rings (SSSR count). The molecule has 0 unspecified atom stereocenters. The fourth-order valence-corrected chi connectivity index (χ4v) is 4.63. The molecular weight excluding hydrogens is 398 g/mol. The third-order valence-electron chi connectivity index (χ3n) is 6.14. The summed E-state index contributed by atoms with van der Waals surface area (Å²) in [7, 11) is 1.65. The van der Waals surface area contributed by atoms with Crippen LogP contribution in [-0.4, -0.2) is 63.3 Å². The number of aromatic nitrogens is 4. The van der Waals surface area contributed by atoms with E-state index >= 15 is 0 Å². The fraction of sp³-hybridized carbons (Fsp3) is 0.476. The Morgan fingerprint density at radius 3 is 2.87 bits per heavy atom. The van der Waals surface area contributed by atoms with E-state index in [1.165, 1.54) is 16.6 Å². The Hall–Kier alpha value is -3.11. The van der Waals surface area contributed by atoms with Crippen LogP contribution >= 0.6 is 0 Å². The van der Waals surface area contributed by atoms with Crippen molar-refractivity contribution in [1.82, 2.24) is 29.7 Å². The van der Waals surface area contributed by atoms with Gasteiger partial charge in [0.1, 0.15) is 11.3 Å². The lowest BCUT2D eigenvalue weighted by atomic mass is 10.1. The molecule has 2 aliphatic heterocycles. The number of ether oxygens (including phenoxy) is 2.